The number of carbonyl (C=O) groups excluding carboxylic acids is 1. The maximum absolute atomic E-state index is 13.5. The number of alkyl halides is 3. The Hall–Kier alpha value is -3.89. The molecular formula is C28H22ClF3N4O3. The Balaban J connectivity index is 1.15. The monoisotopic (exact) mass is 554 g/mol. The van der Waals surface area contributed by atoms with E-state index in [1.807, 2.05) is 42.5 Å². The number of likely N-dealkylation sites (tertiary alicyclic amines) is 1. The van der Waals surface area contributed by atoms with Gasteiger partial charge in [-0.05, 0) is 54.8 Å². The molecule has 7 nitrogen and oxygen atoms in total. The number of nitrogens with zero attached hydrogens (tertiary/aromatic N) is 4. The molecule has 1 fully saturated rings. The van der Waals surface area contributed by atoms with Crippen molar-refractivity contribution in [2.24, 2.45) is 0 Å². The number of hydrogen-bond acceptors (Lipinski definition) is 5. The van der Waals surface area contributed by atoms with E-state index in [4.69, 9.17) is 16.0 Å². The van der Waals surface area contributed by atoms with Gasteiger partial charge < -0.3 is 14.4 Å². The summed E-state index contributed by atoms with van der Waals surface area (Å²) in [5, 5.41) is 20.9. The lowest BCUT2D eigenvalue weighted by molar-refractivity contribution is -0.137. The predicted octanol–water partition coefficient (Wildman–Crippen LogP) is 5.89. The van der Waals surface area contributed by atoms with E-state index < -0.39 is 17.3 Å². The van der Waals surface area contributed by atoms with Gasteiger partial charge in [-0.2, -0.15) is 13.2 Å². The molecule has 0 radical (unpaired) electrons. The molecule has 5 aromatic rings. The fourth-order valence-electron chi connectivity index (χ4n) is 5.08. The molecule has 1 aliphatic rings. The third-order valence-electron chi connectivity index (χ3n) is 7.22. The van der Waals surface area contributed by atoms with Crippen LogP contribution in [0.1, 0.15) is 29.7 Å². The van der Waals surface area contributed by atoms with Crippen molar-refractivity contribution in [2.75, 3.05) is 13.1 Å². The number of aliphatic hydroxyl groups is 1. The topological polar surface area (TPSA) is 84.4 Å². The number of aromatic nitrogens is 3. The second-order valence-corrected chi connectivity index (χ2v) is 10.2. The van der Waals surface area contributed by atoms with E-state index in [9.17, 15) is 23.1 Å². The molecule has 0 atom stereocenters. The van der Waals surface area contributed by atoms with Crippen molar-refractivity contribution in [1.29, 1.82) is 0 Å². The molecule has 1 aliphatic heterocycles. The number of furan rings is 1. The van der Waals surface area contributed by atoms with Crippen molar-refractivity contribution < 1.29 is 27.5 Å². The van der Waals surface area contributed by atoms with Crippen LogP contribution in [-0.4, -0.2) is 44.0 Å². The zero-order chi connectivity index (χ0) is 27.4. The van der Waals surface area contributed by atoms with Crippen LogP contribution in [0, 0.1) is 0 Å². The summed E-state index contributed by atoms with van der Waals surface area (Å²) in [7, 11) is 0. The molecule has 1 amide bonds. The van der Waals surface area contributed by atoms with Crippen LogP contribution < -0.4 is 0 Å². The highest BCUT2D eigenvalue weighted by Crippen LogP contribution is 2.37. The van der Waals surface area contributed by atoms with Gasteiger partial charge in [0.15, 0.2) is 0 Å². The Bertz CT molecular complexity index is 1700. The van der Waals surface area contributed by atoms with Gasteiger partial charge in [-0.1, -0.05) is 41.1 Å². The van der Waals surface area contributed by atoms with Gasteiger partial charge in [0.2, 0.25) is 5.91 Å². The largest absolute Gasteiger partial charge is 0.456 e. The Morgan fingerprint density at radius 1 is 1.03 bits per heavy atom. The summed E-state index contributed by atoms with van der Waals surface area (Å²) in [6, 6.07) is 16.8. The lowest BCUT2D eigenvalue weighted by atomic mass is 9.88. The van der Waals surface area contributed by atoms with Gasteiger partial charge >= 0.3 is 6.18 Å². The first-order valence-electron chi connectivity index (χ1n) is 12.3. The molecular weight excluding hydrogens is 533 g/mol. The minimum atomic E-state index is -4.65. The molecule has 11 heteroatoms. The Labute approximate surface area is 225 Å². The van der Waals surface area contributed by atoms with Crippen LogP contribution in [0.2, 0.25) is 5.02 Å². The van der Waals surface area contributed by atoms with Crippen LogP contribution in [0.3, 0.4) is 0 Å². The van der Waals surface area contributed by atoms with Crippen LogP contribution in [-0.2, 0) is 23.0 Å². The van der Waals surface area contributed by atoms with Gasteiger partial charge in [0.1, 0.15) is 22.5 Å². The maximum Gasteiger partial charge on any atom is 0.418 e. The predicted molar refractivity (Wildman–Crippen MR) is 139 cm³/mol. The normalized spacial score (nSPS) is 15.8. The van der Waals surface area contributed by atoms with Gasteiger partial charge in [0.25, 0.3) is 0 Å². The summed E-state index contributed by atoms with van der Waals surface area (Å²) in [5.41, 5.74) is -0.0849. The molecule has 200 valence electrons. The number of piperidine rings is 1. The third kappa shape index (κ3) is 4.74. The van der Waals surface area contributed by atoms with Crippen molar-refractivity contribution in [1.82, 2.24) is 19.9 Å². The minimum Gasteiger partial charge on any atom is -0.456 e. The molecule has 39 heavy (non-hydrogen) atoms. The summed E-state index contributed by atoms with van der Waals surface area (Å²) >= 11 is 5.77. The Kier molecular flexibility index (Phi) is 6.11. The molecule has 1 saturated heterocycles. The number of halogens is 4. The molecule has 3 aromatic carbocycles. The van der Waals surface area contributed by atoms with Gasteiger partial charge in [0.05, 0.1) is 23.9 Å². The average Bonchev–Trinajstić information content (AvgIpc) is 3.54. The van der Waals surface area contributed by atoms with Crippen molar-refractivity contribution in [2.45, 2.75) is 31.0 Å². The first-order valence-corrected chi connectivity index (χ1v) is 12.7. The lowest BCUT2D eigenvalue weighted by Crippen LogP contribution is -2.45. The number of hydrogen-bond donors (Lipinski definition) is 1. The number of fused-ring (bicyclic) bond motifs is 3. The van der Waals surface area contributed by atoms with E-state index in [1.54, 1.807) is 4.90 Å². The van der Waals surface area contributed by atoms with Crippen LogP contribution in [0.5, 0.6) is 0 Å². The Morgan fingerprint density at radius 2 is 1.77 bits per heavy atom. The molecule has 0 bridgehead atoms. The SMILES string of the molecule is O=C(Cc1ccc2oc3ccccc3c2c1)N1CCC(O)(c2cn(-c3ccc(Cl)cc3C(F)(F)F)nn2)CC1. The van der Waals surface area contributed by atoms with E-state index in [2.05, 4.69) is 10.3 Å². The second kappa shape index (κ2) is 9.39. The summed E-state index contributed by atoms with van der Waals surface area (Å²) in [6.07, 6.45) is -2.81. The Morgan fingerprint density at radius 3 is 2.54 bits per heavy atom. The molecule has 1 N–H and O–H groups in total. The van der Waals surface area contributed by atoms with Crippen molar-refractivity contribution in [3.8, 4) is 5.69 Å². The van der Waals surface area contributed by atoms with Gasteiger partial charge in [-0.15, -0.1) is 5.10 Å². The zero-order valence-electron chi connectivity index (χ0n) is 20.5. The van der Waals surface area contributed by atoms with Crippen molar-refractivity contribution in [3.05, 3.63) is 88.7 Å². The van der Waals surface area contributed by atoms with Crippen LogP contribution in [0.15, 0.2) is 71.3 Å². The smallest absolute Gasteiger partial charge is 0.418 e. The molecule has 2 aromatic heterocycles. The van der Waals surface area contributed by atoms with Crippen LogP contribution in [0.25, 0.3) is 27.6 Å². The van der Waals surface area contributed by atoms with Crippen molar-refractivity contribution in [3.63, 3.8) is 0 Å². The molecule has 0 spiro atoms. The summed E-state index contributed by atoms with van der Waals surface area (Å²) in [5.74, 6) is -0.0798. The average molecular weight is 555 g/mol. The van der Waals surface area contributed by atoms with Gasteiger partial charge in [0, 0.05) is 28.9 Å². The molecule has 0 unspecified atom stereocenters. The second-order valence-electron chi connectivity index (χ2n) is 9.73. The first-order chi connectivity index (χ1) is 18.6. The number of para-hydroxylation sites is 1. The highest BCUT2D eigenvalue weighted by Gasteiger charge is 2.39. The highest BCUT2D eigenvalue weighted by molar-refractivity contribution is 6.30. The molecule has 6 rings (SSSR count). The molecule has 0 saturated carbocycles. The zero-order valence-corrected chi connectivity index (χ0v) is 21.2. The minimum absolute atomic E-state index is 0.0554. The highest BCUT2D eigenvalue weighted by atomic mass is 35.5. The van der Waals surface area contributed by atoms with E-state index in [-0.39, 0.29) is 54.7 Å². The van der Waals surface area contributed by atoms with E-state index in [1.165, 1.54) is 18.3 Å². The summed E-state index contributed by atoms with van der Waals surface area (Å²) in [4.78, 5) is 14.8. The van der Waals surface area contributed by atoms with E-state index >= 15 is 0 Å². The quantitative estimate of drug-likeness (QED) is 0.299. The number of carbonyl (C=O) groups is 1. The number of benzene rings is 3. The summed E-state index contributed by atoms with van der Waals surface area (Å²) < 4.78 is 47.5. The van der Waals surface area contributed by atoms with Crippen molar-refractivity contribution >= 4 is 39.4 Å². The fraction of sp³-hybridized carbons (Fsp3) is 0.250. The number of amides is 1. The lowest BCUT2D eigenvalue weighted by Gasteiger charge is -2.37. The van der Waals surface area contributed by atoms with Crippen LogP contribution in [0.4, 0.5) is 13.2 Å². The first kappa shape index (κ1) is 25.4. The van der Waals surface area contributed by atoms with Gasteiger partial charge in [-0.25, -0.2) is 4.68 Å². The fourth-order valence-corrected chi connectivity index (χ4v) is 5.25. The summed E-state index contributed by atoms with van der Waals surface area (Å²) in [6.45, 7) is 0.543. The molecule has 0 aliphatic carbocycles. The van der Waals surface area contributed by atoms with E-state index in [0.717, 1.165) is 38.3 Å². The molecule has 3 heterocycles. The number of rotatable bonds is 4. The van der Waals surface area contributed by atoms with E-state index in [0.29, 0.717) is 0 Å². The van der Waals surface area contributed by atoms with Gasteiger partial charge in [-0.3, -0.25) is 4.79 Å². The van der Waals surface area contributed by atoms with Crippen LogP contribution >= 0.6 is 11.6 Å². The third-order valence-corrected chi connectivity index (χ3v) is 7.46. The standard InChI is InChI=1S/C28H22ClF3N4O3/c29-18-6-7-22(21(15-18)28(30,31)32)36-16-25(33-34-36)27(38)9-11-35(12-10-27)26(37)14-17-5-8-24-20(13-17)19-3-1-2-4-23(19)39-24/h1-8,13,15-16,38H,9-12,14H2. The maximum atomic E-state index is 13.5.